The van der Waals surface area contributed by atoms with Crippen molar-refractivity contribution in [3.05, 3.63) is 59.7 Å². The van der Waals surface area contributed by atoms with Gasteiger partial charge in [-0.25, -0.2) is 5.01 Å². The van der Waals surface area contributed by atoms with Crippen molar-refractivity contribution in [3.63, 3.8) is 0 Å². The lowest BCUT2D eigenvalue weighted by Gasteiger charge is -2.38. The second-order valence-electron chi connectivity index (χ2n) is 7.97. The van der Waals surface area contributed by atoms with Gasteiger partial charge < -0.3 is 10.1 Å². The Balaban J connectivity index is 1.67. The van der Waals surface area contributed by atoms with E-state index in [0.717, 1.165) is 32.2 Å². The molecular weight excluding hydrogens is 398 g/mol. The summed E-state index contributed by atoms with van der Waals surface area (Å²) in [5.74, 6) is 0. The molecule has 1 saturated heterocycles. The minimum absolute atomic E-state index is 0.304. The number of ether oxygens (including phenoxy) is 1. The Labute approximate surface area is 179 Å². The summed E-state index contributed by atoms with van der Waals surface area (Å²) in [6.07, 6.45) is 4.18. The third-order valence-electron chi connectivity index (χ3n) is 5.84. The molecule has 1 atom stereocenters. The predicted molar refractivity (Wildman–Crippen MR) is 119 cm³/mol. The number of fused-ring (bicyclic) bond motifs is 1. The number of hydrogen-bond acceptors (Lipinski definition) is 5. The third kappa shape index (κ3) is 4.54. The van der Waals surface area contributed by atoms with Crippen molar-refractivity contribution in [2.24, 2.45) is 0 Å². The molecule has 1 fully saturated rings. The van der Waals surface area contributed by atoms with E-state index < -0.39 is 10.0 Å². The number of aryl methyl sites for hydroxylation is 1. The van der Waals surface area contributed by atoms with Gasteiger partial charge in [0.1, 0.15) is 0 Å². The highest BCUT2D eigenvalue weighted by Crippen LogP contribution is 2.31. The Morgan fingerprint density at radius 1 is 1.10 bits per heavy atom. The third-order valence-corrected chi connectivity index (χ3v) is 7.60. The second-order valence-corrected chi connectivity index (χ2v) is 9.74. The summed E-state index contributed by atoms with van der Waals surface area (Å²) in [5.41, 5.74) is 3.28. The van der Waals surface area contributed by atoms with E-state index in [2.05, 4.69) is 24.4 Å². The van der Waals surface area contributed by atoms with E-state index in [4.69, 9.17) is 4.74 Å². The van der Waals surface area contributed by atoms with E-state index in [1.807, 2.05) is 17.1 Å². The number of nitrogens with one attached hydrogen (secondary N) is 1. The van der Waals surface area contributed by atoms with Gasteiger partial charge in [-0.1, -0.05) is 31.2 Å². The molecule has 0 unspecified atom stereocenters. The minimum atomic E-state index is -3.71. The predicted octanol–water partition coefficient (Wildman–Crippen LogP) is 2.99. The fourth-order valence-electron chi connectivity index (χ4n) is 4.26. The maximum atomic E-state index is 13.6. The molecule has 0 bridgehead atoms. The van der Waals surface area contributed by atoms with E-state index in [9.17, 15) is 8.42 Å². The minimum Gasteiger partial charge on any atom is -0.379 e. The lowest BCUT2D eigenvalue weighted by atomic mass is 9.88. The maximum absolute atomic E-state index is 13.6. The van der Waals surface area contributed by atoms with Crippen LogP contribution < -0.4 is 9.73 Å². The summed E-state index contributed by atoms with van der Waals surface area (Å²) in [6.45, 7) is 5.37. The van der Waals surface area contributed by atoms with Gasteiger partial charge in [0.25, 0.3) is 10.0 Å². The molecule has 1 N–H and O–H groups in total. The van der Waals surface area contributed by atoms with Crippen LogP contribution in [-0.4, -0.2) is 52.3 Å². The molecule has 4 rings (SSSR count). The molecule has 1 aliphatic heterocycles. The van der Waals surface area contributed by atoms with Crippen LogP contribution in [0, 0.1) is 0 Å². The van der Waals surface area contributed by atoms with E-state index in [1.54, 1.807) is 24.3 Å². The van der Waals surface area contributed by atoms with Crippen molar-refractivity contribution >= 4 is 15.7 Å². The molecule has 7 heteroatoms. The van der Waals surface area contributed by atoms with Gasteiger partial charge >= 0.3 is 0 Å². The van der Waals surface area contributed by atoms with Crippen molar-refractivity contribution in [2.45, 2.75) is 43.5 Å². The van der Waals surface area contributed by atoms with Gasteiger partial charge in [-0.05, 0) is 67.6 Å². The van der Waals surface area contributed by atoms with Gasteiger partial charge in [0, 0.05) is 19.1 Å². The summed E-state index contributed by atoms with van der Waals surface area (Å²) in [5, 5.41) is 5.51. The fourth-order valence-corrected chi connectivity index (χ4v) is 5.82. The van der Waals surface area contributed by atoms with Crippen LogP contribution in [0.2, 0.25) is 0 Å². The van der Waals surface area contributed by atoms with Gasteiger partial charge in [-0.15, -0.1) is 0 Å². The quantitative estimate of drug-likeness (QED) is 0.733. The Morgan fingerprint density at radius 3 is 2.60 bits per heavy atom. The second kappa shape index (κ2) is 9.47. The fraction of sp³-hybridized carbons (Fsp3) is 0.478. The number of hydrogen-bond donors (Lipinski definition) is 1. The topological polar surface area (TPSA) is 61.9 Å². The van der Waals surface area contributed by atoms with Crippen LogP contribution in [0.25, 0.3) is 0 Å². The van der Waals surface area contributed by atoms with Gasteiger partial charge in [0.15, 0.2) is 0 Å². The van der Waals surface area contributed by atoms with E-state index in [-0.39, 0.29) is 0 Å². The summed E-state index contributed by atoms with van der Waals surface area (Å²) < 4.78 is 34.2. The highest BCUT2D eigenvalue weighted by molar-refractivity contribution is 7.92. The highest BCUT2D eigenvalue weighted by Gasteiger charge is 2.32. The summed E-state index contributed by atoms with van der Waals surface area (Å²) >= 11 is 0. The van der Waals surface area contributed by atoms with Crippen molar-refractivity contribution in [1.29, 1.82) is 0 Å². The molecule has 2 aliphatic rings. The van der Waals surface area contributed by atoms with Crippen LogP contribution in [0.15, 0.2) is 53.4 Å². The number of anilines is 1. The largest absolute Gasteiger partial charge is 0.379 e. The van der Waals surface area contributed by atoms with Gasteiger partial charge in [-0.3, -0.25) is 0 Å². The monoisotopic (exact) mass is 429 g/mol. The number of sulfonamides is 1. The van der Waals surface area contributed by atoms with Crippen LogP contribution in [0.3, 0.4) is 0 Å². The molecular formula is C23H31N3O3S. The normalized spacial score (nSPS) is 20.0. The van der Waals surface area contributed by atoms with Crippen LogP contribution in [-0.2, 0) is 27.6 Å². The van der Waals surface area contributed by atoms with E-state index >= 15 is 0 Å². The molecule has 0 spiro atoms. The van der Waals surface area contributed by atoms with Crippen molar-refractivity contribution in [2.75, 3.05) is 37.3 Å². The van der Waals surface area contributed by atoms with Crippen molar-refractivity contribution in [1.82, 2.24) is 10.3 Å². The standard InChI is InChI=1S/C23H31N3O3S/c1-2-12-24-21-10-8-20-18-22(11-9-19(20)17-21)26(25-13-15-29-16-14-25)30(27,28)23-6-4-3-5-7-23/h3-7,9,11,18,21,24H,2,8,10,12-17H2,1H3/t21-/m0/s1. The Morgan fingerprint density at radius 2 is 1.87 bits per heavy atom. The maximum Gasteiger partial charge on any atom is 0.277 e. The van der Waals surface area contributed by atoms with Crippen molar-refractivity contribution < 1.29 is 13.2 Å². The zero-order chi connectivity index (χ0) is 21.0. The zero-order valence-corrected chi connectivity index (χ0v) is 18.4. The average Bonchev–Trinajstić information content (AvgIpc) is 2.79. The molecule has 0 saturated carbocycles. The summed E-state index contributed by atoms with van der Waals surface area (Å²) in [7, 11) is -3.71. The van der Waals surface area contributed by atoms with Crippen LogP contribution >= 0.6 is 0 Å². The molecule has 6 nitrogen and oxygen atoms in total. The molecule has 0 aromatic heterocycles. The van der Waals surface area contributed by atoms with Crippen molar-refractivity contribution in [3.8, 4) is 0 Å². The molecule has 162 valence electrons. The first-order chi connectivity index (χ1) is 14.6. The molecule has 0 amide bonds. The number of rotatable bonds is 7. The number of morpholine rings is 1. The molecule has 30 heavy (non-hydrogen) atoms. The van der Waals surface area contributed by atoms with Crippen LogP contribution in [0.1, 0.15) is 30.9 Å². The smallest absolute Gasteiger partial charge is 0.277 e. The van der Waals surface area contributed by atoms with Crippen LogP contribution in [0.5, 0.6) is 0 Å². The Bertz CT molecular complexity index is 943. The summed E-state index contributed by atoms with van der Waals surface area (Å²) in [6, 6.07) is 15.3. The Hall–Kier alpha value is -1.93. The molecule has 0 radical (unpaired) electrons. The highest BCUT2D eigenvalue weighted by atomic mass is 32.2. The number of nitrogens with zero attached hydrogens (tertiary/aromatic N) is 2. The SMILES string of the molecule is CCCN[C@H]1CCc2cc(N(N3CCOCC3)S(=O)(=O)c3ccccc3)ccc2C1. The zero-order valence-electron chi connectivity index (χ0n) is 17.6. The first-order valence-electron chi connectivity index (χ1n) is 10.9. The Kier molecular flexibility index (Phi) is 6.73. The van der Waals surface area contributed by atoms with Gasteiger partial charge in [0.05, 0.1) is 23.8 Å². The lowest BCUT2D eigenvalue weighted by molar-refractivity contribution is 0.0409. The number of hydrazine groups is 1. The van der Waals surface area contributed by atoms with Crippen LogP contribution in [0.4, 0.5) is 5.69 Å². The van der Waals surface area contributed by atoms with Gasteiger partial charge in [0.2, 0.25) is 0 Å². The molecule has 1 aliphatic carbocycles. The van der Waals surface area contributed by atoms with E-state index in [1.165, 1.54) is 15.5 Å². The van der Waals surface area contributed by atoms with Gasteiger partial charge in [-0.2, -0.15) is 12.8 Å². The first-order valence-corrected chi connectivity index (χ1v) is 12.3. The molecule has 1 heterocycles. The van der Waals surface area contributed by atoms with E-state index in [0.29, 0.717) is 42.9 Å². The number of benzene rings is 2. The lowest BCUT2D eigenvalue weighted by Crippen LogP contribution is -2.51. The molecule has 2 aromatic rings. The molecule has 2 aromatic carbocycles. The average molecular weight is 430 g/mol. The summed E-state index contributed by atoms with van der Waals surface area (Å²) in [4.78, 5) is 0.304. The first kappa shape index (κ1) is 21.3.